The summed E-state index contributed by atoms with van der Waals surface area (Å²) in [4.78, 5) is 32.1. The highest BCUT2D eigenvalue weighted by molar-refractivity contribution is 6.11. The Morgan fingerprint density at radius 2 is 2.03 bits per heavy atom. The highest BCUT2D eigenvalue weighted by Crippen LogP contribution is 2.71. The van der Waals surface area contributed by atoms with Gasteiger partial charge in [0.2, 0.25) is 0 Å². The van der Waals surface area contributed by atoms with Crippen LogP contribution in [0.1, 0.15) is 25.3 Å². The quantitative estimate of drug-likeness (QED) is 0.671. The van der Waals surface area contributed by atoms with Crippen LogP contribution in [-0.4, -0.2) is 74.9 Å². The maximum absolute atomic E-state index is 14.5. The topological polar surface area (TPSA) is 86.8 Å². The van der Waals surface area contributed by atoms with E-state index < -0.39 is 23.5 Å². The van der Waals surface area contributed by atoms with Crippen LogP contribution in [0.25, 0.3) is 0 Å². The van der Waals surface area contributed by atoms with Gasteiger partial charge in [0, 0.05) is 19.6 Å². The van der Waals surface area contributed by atoms with Crippen molar-refractivity contribution in [3.8, 4) is 11.5 Å². The van der Waals surface area contributed by atoms with Gasteiger partial charge in [-0.2, -0.15) is 0 Å². The van der Waals surface area contributed by atoms with Gasteiger partial charge in [-0.25, -0.2) is 0 Å². The summed E-state index contributed by atoms with van der Waals surface area (Å²) >= 11 is 0. The average molecular weight is 442 g/mol. The Morgan fingerprint density at radius 1 is 1.22 bits per heavy atom. The minimum absolute atomic E-state index is 0.0128. The van der Waals surface area contributed by atoms with Gasteiger partial charge in [-0.05, 0) is 38.4 Å². The molecule has 1 amide bonds. The Balaban J connectivity index is 1.60. The summed E-state index contributed by atoms with van der Waals surface area (Å²) in [6.45, 7) is 2.65. The first-order valence-electron chi connectivity index (χ1n) is 11.2. The van der Waals surface area contributed by atoms with Gasteiger partial charge in [0.15, 0.2) is 23.0 Å². The molecule has 3 saturated heterocycles. The van der Waals surface area contributed by atoms with Crippen molar-refractivity contribution in [3.63, 3.8) is 0 Å². The fraction of sp³-hybridized carbons (Fsp3) is 0.652. The maximum Gasteiger partial charge on any atom is 0.299 e. The van der Waals surface area contributed by atoms with Crippen molar-refractivity contribution in [2.75, 3.05) is 32.7 Å². The lowest BCUT2D eigenvalue weighted by atomic mass is 9.54. The van der Waals surface area contributed by atoms with Gasteiger partial charge < -0.3 is 23.7 Å². The highest BCUT2D eigenvalue weighted by atomic mass is 16.7. The summed E-state index contributed by atoms with van der Waals surface area (Å²) in [6.07, 6.45) is -0.761. The minimum atomic E-state index is -1.27. The predicted molar refractivity (Wildman–Crippen MR) is 109 cm³/mol. The number of ketones is 1. The number of anilines is 1. The summed E-state index contributed by atoms with van der Waals surface area (Å²) < 4.78 is 30.4. The van der Waals surface area contributed by atoms with E-state index in [1.165, 1.54) is 7.11 Å². The molecular weight excluding hydrogens is 416 g/mol. The van der Waals surface area contributed by atoms with E-state index in [-0.39, 0.29) is 35.9 Å². The van der Waals surface area contributed by atoms with Gasteiger partial charge in [0.05, 0.1) is 24.8 Å². The summed E-state index contributed by atoms with van der Waals surface area (Å²) in [7, 11) is 5.01. The van der Waals surface area contributed by atoms with E-state index in [4.69, 9.17) is 23.7 Å². The zero-order valence-corrected chi connectivity index (χ0v) is 18.5. The fourth-order valence-electron chi connectivity index (χ4n) is 7.51. The van der Waals surface area contributed by atoms with Crippen LogP contribution in [0.2, 0.25) is 0 Å². The van der Waals surface area contributed by atoms with Gasteiger partial charge in [-0.3, -0.25) is 19.4 Å². The Labute approximate surface area is 185 Å². The van der Waals surface area contributed by atoms with Crippen molar-refractivity contribution in [2.24, 2.45) is 11.8 Å². The first-order valence-corrected chi connectivity index (χ1v) is 11.2. The first-order chi connectivity index (χ1) is 15.4. The van der Waals surface area contributed by atoms with Crippen LogP contribution >= 0.6 is 0 Å². The standard InChI is InChI=1S/C23H26N2O7/c1-10-15-11-9-14-24(2)8-7-22(18(15)26)12-5-6-13(28-3)17-16(12)25(20(27)21(29-4)31-17)23(22,32-14)19(11)30-10/h5-6,10-11,14-15,19,21H,7-9H2,1-4H3/t10-,11+,14-,15+,19-,21+,22+,23+/m1/s1. The number of nitrogens with zero attached hydrogens (tertiary/aromatic N) is 2. The van der Waals surface area contributed by atoms with Gasteiger partial charge in [0.25, 0.3) is 12.2 Å². The minimum Gasteiger partial charge on any atom is -0.493 e. The van der Waals surface area contributed by atoms with E-state index in [1.54, 1.807) is 12.0 Å². The van der Waals surface area contributed by atoms with E-state index in [0.717, 1.165) is 5.56 Å². The Bertz CT molecular complexity index is 1080. The van der Waals surface area contributed by atoms with E-state index in [0.29, 0.717) is 36.6 Å². The molecule has 1 aliphatic carbocycles. The normalized spacial score (nSPS) is 45.4. The summed E-state index contributed by atoms with van der Waals surface area (Å²) in [5.74, 6) is 0.391. The number of fused-ring (bicyclic) bond motifs is 1. The van der Waals surface area contributed by atoms with Crippen LogP contribution in [0.3, 0.4) is 0 Å². The van der Waals surface area contributed by atoms with Crippen LogP contribution in [0.5, 0.6) is 11.5 Å². The molecule has 9 heteroatoms. The van der Waals surface area contributed by atoms with Crippen molar-refractivity contribution in [2.45, 2.75) is 55.6 Å². The second-order valence-electron chi connectivity index (χ2n) is 9.81. The molecule has 1 aromatic rings. The number of ether oxygens (including phenoxy) is 5. The number of Topliss-reactive ketones (excluding diaryl/α,β-unsaturated/α-hetero) is 1. The van der Waals surface area contributed by atoms with E-state index in [9.17, 15) is 9.59 Å². The number of carbonyl (C=O) groups is 2. The molecule has 5 bridgehead atoms. The molecule has 8 atom stereocenters. The van der Waals surface area contributed by atoms with Gasteiger partial charge in [-0.1, -0.05) is 6.07 Å². The molecule has 7 rings (SSSR count). The fourth-order valence-corrected chi connectivity index (χ4v) is 7.51. The number of methoxy groups -OCH3 is 2. The predicted octanol–water partition coefficient (Wildman–Crippen LogP) is 1.03. The summed E-state index contributed by atoms with van der Waals surface area (Å²) in [5.41, 5.74) is -0.984. The Hall–Kier alpha value is -2.20. The summed E-state index contributed by atoms with van der Waals surface area (Å²) in [5, 5.41) is 0. The number of hydrogen-bond acceptors (Lipinski definition) is 8. The number of hydrogen-bond donors (Lipinski definition) is 0. The molecule has 170 valence electrons. The molecule has 0 aromatic heterocycles. The van der Waals surface area contributed by atoms with E-state index in [2.05, 4.69) is 4.90 Å². The van der Waals surface area contributed by atoms with Crippen molar-refractivity contribution < 1.29 is 33.3 Å². The molecular formula is C23H26N2O7. The monoisotopic (exact) mass is 442 g/mol. The largest absolute Gasteiger partial charge is 0.493 e. The summed E-state index contributed by atoms with van der Waals surface area (Å²) in [6, 6.07) is 3.72. The second-order valence-corrected chi connectivity index (χ2v) is 9.81. The zero-order chi connectivity index (χ0) is 22.2. The SMILES string of the molecule is COc1ccc2c3c1O[C@H](OC)C(=O)N3[C@@]13O[C@@H]4C[C@H]5[C@@H](C(=O)[C@]21CCN4C)[C@@H](C)O[C@H]53. The lowest BCUT2D eigenvalue weighted by Crippen LogP contribution is -2.78. The Morgan fingerprint density at radius 3 is 2.78 bits per heavy atom. The number of rotatable bonds is 2. The third kappa shape index (κ3) is 1.75. The molecule has 0 N–H and O–H groups in total. The molecule has 6 aliphatic rings. The van der Waals surface area contributed by atoms with E-state index in [1.807, 2.05) is 26.1 Å². The zero-order valence-electron chi connectivity index (χ0n) is 18.5. The van der Waals surface area contributed by atoms with E-state index >= 15 is 0 Å². The molecule has 5 heterocycles. The average Bonchev–Trinajstić information content (AvgIpc) is 3.19. The van der Waals surface area contributed by atoms with Crippen molar-refractivity contribution in [1.29, 1.82) is 0 Å². The molecule has 1 aromatic carbocycles. The molecule has 9 nitrogen and oxygen atoms in total. The van der Waals surface area contributed by atoms with Crippen molar-refractivity contribution in [3.05, 3.63) is 17.7 Å². The second kappa shape index (κ2) is 5.83. The van der Waals surface area contributed by atoms with Crippen LogP contribution in [0.4, 0.5) is 5.69 Å². The molecule has 32 heavy (non-hydrogen) atoms. The molecule has 5 aliphatic heterocycles. The van der Waals surface area contributed by atoms with Crippen LogP contribution in [0.15, 0.2) is 12.1 Å². The molecule has 1 saturated carbocycles. The van der Waals surface area contributed by atoms with Gasteiger partial charge in [0.1, 0.15) is 17.7 Å². The smallest absolute Gasteiger partial charge is 0.299 e. The van der Waals surface area contributed by atoms with Crippen molar-refractivity contribution >= 4 is 17.4 Å². The molecule has 4 fully saturated rings. The van der Waals surface area contributed by atoms with Gasteiger partial charge in [-0.15, -0.1) is 0 Å². The first kappa shape index (κ1) is 19.3. The third-order valence-electron chi connectivity index (χ3n) is 8.75. The molecule has 0 radical (unpaired) electrons. The lowest BCUT2D eigenvalue weighted by molar-refractivity contribution is -0.256. The van der Waals surface area contributed by atoms with Crippen LogP contribution in [0, 0.1) is 11.8 Å². The third-order valence-corrected chi connectivity index (χ3v) is 8.75. The number of benzene rings is 1. The van der Waals surface area contributed by atoms with Crippen molar-refractivity contribution in [1.82, 2.24) is 4.90 Å². The number of carbonyl (C=O) groups excluding carboxylic acids is 2. The Kier molecular flexibility index (Phi) is 3.51. The molecule has 1 spiro atoms. The van der Waals surface area contributed by atoms with Crippen LogP contribution in [-0.2, 0) is 29.2 Å². The number of amides is 1. The lowest BCUT2D eigenvalue weighted by Gasteiger charge is -2.58. The highest BCUT2D eigenvalue weighted by Gasteiger charge is 2.83. The maximum atomic E-state index is 14.5. The van der Waals surface area contributed by atoms with Crippen LogP contribution < -0.4 is 14.4 Å². The van der Waals surface area contributed by atoms with Gasteiger partial charge >= 0.3 is 0 Å². The molecule has 0 unspecified atom stereocenters.